The molecular formula is C14H20N2OS. The molecule has 0 radical (unpaired) electrons. The highest BCUT2D eigenvalue weighted by Crippen LogP contribution is 2.16. The molecule has 0 aliphatic rings. The van der Waals surface area contributed by atoms with E-state index in [9.17, 15) is 0 Å². The third-order valence-electron chi connectivity index (χ3n) is 2.21. The fourth-order valence-corrected chi connectivity index (χ4v) is 2.17. The highest BCUT2D eigenvalue weighted by molar-refractivity contribution is 8.17. The number of allylic oxidation sites excluding steroid dienone is 1. The van der Waals surface area contributed by atoms with Crippen LogP contribution in [0.4, 0.5) is 0 Å². The lowest BCUT2D eigenvalue weighted by Crippen LogP contribution is -2.06. The zero-order valence-corrected chi connectivity index (χ0v) is 12.0. The van der Waals surface area contributed by atoms with Crippen molar-refractivity contribution in [3.8, 4) is 0 Å². The van der Waals surface area contributed by atoms with Crippen LogP contribution < -0.4 is 5.32 Å². The minimum Gasteiger partial charge on any atom is -0.393 e. The Morgan fingerprint density at radius 1 is 1.39 bits per heavy atom. The molecule has 0 spiro atoms. The molecule has 4 heteroatoms. The number of hydrogen-bond acceptors (Lipinski definition) is 4. The monoisotopic (exact) mass is 264 g/mol. The van der Waals surface area contributed by atoms with Crippen LogP contribution in [-0.2, 0) is 11.3 Å². The SMILES string of the molecule is C/N=C(/COCc1ccccc1)S/C(C)=C\NC. The summed E-state index contributed by atoms with van der Waals surface area (Å²) in [6.45, 7) is 3.21. The Morgan fingerprint density at radius 2 is 2.11 bits per heavy atom. The molecule has 0 saturated carbocycles. The molecule has 0 unspecified atom stereocenters. The summed E-state index contributed by atoms with van der Waals surface area (Å²) < 4.78 is 5.65. The Bertz CT molecular complexity index is 402. The summed E-state index contributed by atoms with van der Waals surface area (Å²) in [5, 5.41) is 3.98. The minimum absolute atomic E-state index is 0.547. The Hall–Kier alpha value is -1.26. The molecule has 0 heterocycles. The van der Waals surface area contributed by atoms with Gasteiger partial charge < -0.3 is 10.1 Å². The van der Waals surface area contributed by atoms with Crippen LogP contribution in [0.1, 0.15) is 12.5 Å². The Balaban J connectivity index is 2.35. The first-order chi connectivity index (χ1) is 8.76. The van der Waals surface area contributed by atoms with Crippen LogP contribution in [-0.4, -0.2) is 25.7 Å². The van der Waals surface area contributed by atoms with Crippen LogP contribution >= 0.6 is 11.8 Å². The lowest BCUT2D eigenvalue weighted by atomic mass is 10.2. The predicted molar refractivity (Wildman–Crippen MR) is 79.9 cm³/mol. The summed E-state index contributed by atoms with van der Waals surface area (Å²) >= 11 is 1.63. The normalized spacial score (nSPS) is 12.6. The van der Waals surface area contributed by atoms with Gasteiger partial charge in [0.2, 0.25) is 0 Å². The van der Waals surface area contributed by atoms with Crippen molar-refractivity contribution in [1.82, 2.24) is 5.32 Å². The Morgan fingerprint density at radius 3 is 2.72 bits per heavy atom. The van der Waals surface area contributed by atoms with Gasteiger partial charge in [-0.25, -0.2) is 0 Å². The van der Waals surface area contributed by atoms with Crippen LogP contribution in [0.15, 0.2) is 46.4 Å². The van der Waals surface area contributed by atoms with Gasteiger partial charge in [-0.15, -0.1) is 0 Å². The molecule has 1 N–H and O–H groups in total. The van der Waals surface area contributed by atoms with E-state index in [-0.39, 0.29) is 0 Å². The number of thioether (sulfide) groups is 1. The van der Waals surface area contributed by atoms with Gasteiger partial charge in [-0.05, 0) is 12.5 Å². The van der Waals surface area contributed by atoms with Gasteiger partial charge in [-0.2, -0.15) is 0 Å². The summed E-state index contributed by atoms with van der Waals surface area (Å²) in [4.78, 5) is 5.40. The highest BCUT2D eigenvalue weighted by Gasteiger charge is 2.02. The zero-order valence-electron chi connectivity index (χ0n) is 11.1. The number of aliphatic imine (C=N–C) groups is 1. The first-order valence-electron chi connectivity index (χ1n) is 5.85. The number of nitrogens with zero attached hydrogens (tertiary/aromatic N) is 1. The zero-order chi connectivity index (χ0) is 13.2. The third kappa shape index (κ3) is 5.89. The van der Waals surface area contributed by atoms with Gasteiger partial charge in [0.1, 0.15) is 0 Å². The van der Waals surface area contributed by atoms with Crippen LogP contribution in [0.3, 0.4) is 0 Å². The number of ether oxygens (including phenoxy) is 1. The van der Waals surface area contributed by atoms with Crippen molar-refractivity contribution in [1.29, 1.82) is 0 Å². The molecule has 18 heavy (non-hydrogen) atoms. The fourth-order valence-electron chi connectivity index (χ4n) is 1.39. The van der Waals surface area contributed by atoms with Gasteiger partial charge in [-0.3, -0.25) is 4.99 Å². The Kier molecular flexibility index (Phi) is 7.22. The summed E-state index contributed by atoms with van der Waals surface area (Å²) in [6, 6.07) is 10.2. The van der Waals surface area contributed by atoms with E-state index in [0.717, 1.165) is 5.04 Å². The molecule has 0 amide bonds. The molecule has 3 nitrogen and oxygen atoms in total. The van der Waals surface area contributed by atoms with E-state index in [1.807, 2.05) is 38.4 Å². The topological polar surface area (TPSA) is 33.6 Å². The van der Waals surface area contributed by atoms with E-state index < -0.39 is 0 Å². The quantitative estimate of drug-likeness (QED) is 0.633. The molecule has 0 bridgehead atoms. The molecule has 0 aliphatic heterocycles. The van der Waals surface area contributed by atoms with E-state index in [0.29, 0.717) is 13.2 Å². The number of hydrogen-bond donors (Lipinski definition) is 1. The van der Waals surface area contributed by atoms with E-state index in [1.165, 1.54) is 10.5 Å². The summed E-state index contributed by atoms with van der Waals surface area (Å²) in [7, 11) is 3.68. The van der Waals surface area contributed by atoms with Gasteiger partial charge in [0, 0.05) is 25.2 Å². The standard InChI is InChI=1S/C14H20N2OS/c1-12(9-15-2)18-14(16-3)11-17-10-13-7-5-4-6-8-13/h4-9,15H,10-11H2,1-3H3/b12-9-,16-14-. The third-order valence-corrected chi connectivity index (χ3v) is 3.19. The maximum Gasteiger partial charge on any atom is 0.0975 e. The molecule has 0 aromatic heterocycles. The smallest absolute Gasteiger partial charge is 0.0975 e. The minimum atomic E-state index is 0.547. The molecule has 1 aromatic carbocycles. The summed E-state index contributed by atoms with van der Waals surface area (Å²) in [6.07, 6.45) is 1.95. The Labute approximate surface area is 113 Å². The second kappa shape index (κ2) is 8.78. The average molecular weight is 264 g/mol. The second-order valence-electron chi connectivity index (χ2n) is 3.74. The highest BCUT2D eigenvalue weighted by atomic mass is 32.2. The van der Waals surface area contributed by atoms with E-state index >= 15 is 0 Å². The largest absolute Gasteiger partial charge is 0.393 e. The predicted octanol–water partition coefficient (Wildman–Crippen LogP) is 3.05. The van der Waals surface area contributed by atoms with E-state index in [4.69, 9.17) is 4.74 Å². The van der Waals surface area contributed by atoms with Crippen LogP contribution in [0.25, 0.3) is 0 Å². The molecular weight excluding hydrogens is 244 g/mol. The van der Waals surface area contributed by atoms with Crippen LogP contribution in [0, 0.1) is 0 Å². The molecule has 0 aliphatic carbocycles. The van der Waals surface area contributed by atoms with Crippen LogP contribution in [0.2, 0.25) is 0 Å². The van der Waals surface area contributed by atoms with Gasteiger partial charge in [0.15, 0.2) is 0 Å². The number of benzene rings is 1. The van der Waals surface area contributed by atoms with Gasteiger partial charge in [0.25, 0.3) is 0 Å². The molecule has 1 rings (SSSR count). The van der Waals surface area contributed by atoms with Gasteiger partial charge in [0.05, 0.1) is 18.3 Å². The summed E-state index contributed by atoms with van der Waals surface area (Å²) in [5.74, 6) is 0. The van der Waals surface area contributed by atoms with Crippen molar-refractivity contribution < 1.29 is 4.74 Å². The maximum absolute atomic E-state index is 5.65. The second-order valence-corrected chi connectivity index (χ2v) is 5.06. The molecule has 0 atom stereocenters. The van der Waals surface area contributed by atoms with Crippen molar-refractivity contribution in [2.75, 3.05) is 20.7 Å². The molecule has 98 valence electrons. The number of nitrogens with one attached hydrogen (secondary N) is 1. The lowest BCUT2D eigenvalue weighted by molar-refractivity contribution is 0.159. The van der Waals surface area contributed by atoms with E-state index in [2.05, 4.69) is 22.4 Å². The van der Waals surface area contributed by atoms with Crippen molar-refractivity contribution in [3.63, 3.8) is 0 Å². The number of rotatable bonds is 6. The molecule has 1 aromatic rings. The molecule has 0 saturated heterocycles. The lowest BCUT2D eigenvalue weighted by Gasteiger charge is -2.07. The fraction of sp³-hybridized carbons (Fsp3) is 0.357. The molecule has 0 fully saturated rings. The maximum atomic E-state index is 5.65. The first-order valence-corrected chi connectivity index (χ1v) is 6.67. The van der Waals surface area contributed by atoms with Crippen molar-refractivity contribution in [3.05, 3.63) is 47.0 Å². The van der Waals surface area contributed by atoms with E-state index in [1.54, 1.807) is 18.8 Å². The van der Waals surface area contributed by atoms with Crippen LogP contribution in [0.5, 0.6) is 0 Å². The van der Waals surface area contributed by atoms with Crippen molar-refractivity contribution in [2.45, 2.75) is 13.5 Å². The van der Waals surface area contributed by atoms with Gasteiger partial charge >= 0.3 is 0 Å². The van der Waals surface area contributed by atoms with Gasteiger partial charge in [-0.1, -0.05) is 42.1 Å². The summed E-state index contributed by atoms with van der Waals surface area (Å²) in [5.41, 5.74) is 1.18. The first kappa shape index (κ1) is 14.8. The average Bonchev–Trinajstić information content (AvgIpc) is 2.39. The van der Waals surface area contributed by atoms with Crippen molar-refractivity contribution >= 4 is 16.8 Å². The van der Waals surface area contributed by atoms with Crippen molar-refractivity contribution in [2.24, 2.45) is 4.99 Å².